The number of para-hydroxylation sites is 2. The number of nitrogens with zero attached hydrogens (tertiary/aromatic N) is 2. The second-order valence-corrected chi connectivity index (χ2v) is 7.88. The van der Waals surface area contributed by atoms with Crippen LogP contribution < -0.4 is 0 Å². The van der Waals surface area contributed by atoms with Gasteiger partial charge in [-0.1, -0.05) is 45.9 Å². The maximum absolute atomic E-state index is 4.92. The molecular formula is C23H28N2. The Kier molecular flexibility index (Phi) is 5.17. The smallest absolute Gasteiger partial charge is 0.0922 e. The van der Waals surface area contributed by atoms with Crippen molar-refractivity contribution in [2.24, 2.45) is 11.8 Å². The minimum atomic E-state index is 0.644. The van der Waals surface area contributed by atoms with Gasteiger partial charge in [0.2, 0.25) is 0 Å². The molecule has 0 bridgehead atoms. The Balaban J connectivity index is 2.12. The summed E-state index contributed by atoms with van der Waals surface area (Å²) >= 11 is 0. The number of aromatic nitrogens is 2. The maximum Gasteiger partial charge on any atom is 0.0922 e. The average Bonchev–Trinajstić information content (AvgIpc) is 2.52. The molecular weight excluding hydrogens is 304 g/mol. The van der Waals surface area contributed by atoms with Gasteiger partial charge >= 0.3 is 0 Å². The van der Waals surface area contributed by atoms with Crippen LogP contribution in [0.1, 0.15) is 44.5 Å². The summed E-state index contributed by atoms with van der Waals surface area (Å²) in [6, 6.07) is 15.1. The zero-order valence-corrected chi connectivity index (χ0v) is 16.0. The summed E-state index contributed by atoms with van der Waals surface area (Å²) in [6.07, 6.45) is 2.19. The van der Waals surface area contributed by atoms with E-state index in [0.29, 0.717) is 11.8 Å². The first kappa shape index (κ1) is 17.6. The lowest BCUT2D eigenvalue weighted by Gasteiger charge is -2.14. The van der Waals surface area contributed by atoms with Crippen molar-refractivity contribution in [3.63, 3.8) is 0 Å². The van der Waals surface area contributed by atoms with Crippen molar-refractivity contribution in [3.05, 3.63) is 59.3 Å². The molecule has 0 aliphatic heterocycles. The minimum Gasteiger partial charge on any atom is -0.249 e. The molecule has 0 aliphatic rings. The normalized spacial score (nSPS) is 11.6. The summed E-state index contributed by atoms with van der Waals surface area (Å²) < 4.78 is 0. The first-order chi connectivity index (χ1) is 11.9. The summed E-state index contributed by atoms with van der Waals surface area (Å²) in [5, 5.41) is 0. The molecule has 0 amide bonds. The summed E-state index contributed by atoms with van der Waals surface area (Å²) in [4.78, 5) is 9.69. The van der Waals surface area contributed by atoms with Crippen LogP contribution in [0.25, 0.3) is 22.3 Å². The molecule has 2 heteroatoms. The van der Waals surface area contributed by atoms with Crippen LogP contribution in [0.3, 0.4) is 0 Å². The second-order valence-electron chi connectivity index (χ2n) is 7.88. The fourth-order valence-corrected chi connectivity index (χ4v) is 3.44. The lowest BCUT2D eigenvalue weighted by atomic mass is 9.93. The molecule has 1 heterocycles. The van der Waals surface area contributed by atoms with E-state index in [0.717, 1.165) is 35.3 Å². The SMILES string of the molecule is Cc1nc2ccccc2nc1-c1cc(CC(C)C)cc(CC(C)C)c1. The van der Waals surface area contributed by atoms with Crippen molar-refractivity contribution in [3.8, 4) is 11.3 Å². The maximum atomic E-state index is 4.92. The molecule has 0 aliphatic carbocycles. The van der Waals surface area contributed by atoms with Crippen molar-refractivity contribution >= 4 is 11.0 Å². The van der Waals surface area contributed by atoms with Crippen LogP contribution >= 0.6 is 0 Å². The fourth-order valence-electron chi connectivity index (χ4n) is 3.44. The number of rotatable bonds is 5. The summed E-state index contributed by atoms with van der Waals surface area (Å²) in [5.74, 6) is 1.29. The zero-order valence-electron chi connectivity index (χ0n) is 16.0. The molecule has 0 saturated heterocycles. The van der Waals surface area contributed by atoms with Crippen molar-refractivity contribution in [1.82, 2.24) is 9.97 Å². The third-order valence-electron chi connectivity index (χ3n) is 4.36. The molecule has 130 valence electrons. The largest absolute Gasteiger partial charge is 0.249 e. The molecule has 25 heavy (non-hydrogen) atoms. The topological polar surface area (TPSA) is 25.8 Å². The van der Waals surface area contributed by atoms with E-state index in [1.807, 2.05) is 24.3 Å². The minimum absolute atomic E-state index is 0.644. The van der Waals surface area contributed by atoms with E-state index in [2.05, 4.69) is 52.8 Å². The van der Waals surface area contributed by atoms with Gasteiger partial charge in [0.05, 0.1) is 22.4 Å². The molecule has 0 saturated carbocycles. The molecule has 3 rings (SSSR count). The molecule has 0 N–H and O–H groups in total. The molecule has 1 aromatic heterocycles. The lowest BCUT2D eigenvalue weighted by Crippen LogP contribution is -2.01. The summed E-state index contributed by atoms with van der Waals surface area (Å²) in [5.41, 5.74) is 7.93. The van der Waals surface area contributed by atoms with Crippen LogP contribution in [0.15, 0.2) is 42.5 Å². The fraction of sp³-hybridized carbons (Fsp3) is 0.391. The standard InChI is InChI=1S/C23H28N2/c1-15(2)10-18-12-19(11-16(3)4)14-20(13-18)23-17(5)24-21-8-6-7-9-22(21)25-23/h6-9,12-16H,10-11H2,1-5H3. The van der Waals surface area contributed by atoms with E-state index in [9.17, 15) is 0 Å². The highest BCUT2D eigenvalue weighted by molar-refractivity contribution is 5.78. The van der Waals surface area contributed by atoms with E-state index in [-0.39, 0.29) is 0 Å². The highest BCUT2D eigenvalue weighted by Crippen LogP contribution is 2.27. The summed E-state index contributed by atoms with van der Waals surface area (Å²) in [6.45, 7) is 11.2. The predicted octanol–water partition coefficient (Wildman–Crippen LogP) is 6.00. The van der Waals surface area contributed by atoms with Crippen LogP contribution in [0, 0.1) is 18.8 Å². The van der Waals surface area contributed by atoms with E-state index < -0.39 is 0 Å². The lowest BCUT2D eigenvalue weighted by molar-refractivity contribution is 0.636. The Bertz CT molecular complexity index is 850. The number of benzene rings is 2. The predicted molar refractivity (Wildman–Crippen MR) is 107 cm³/mol. The van der Waals surface area contributed by atoms with Gasteiger partial charge < -0.3 is 0 Å². The van der Waals surface area contributed by atoms with Crippen LogP contribution in [-0.2, 0) is 12.8 Å². The number of hydrogen-bond acceptors (Lipinski definition) is 2. The highest BCUT2D eigenvalue weighted by atomic mass is 14.8. The van der Waals surface area contributed by atoms with Crippen LogP contribution in [0.4, 0.5) is 0 Å². The number of fused-ring (bicyclic) bond motifs is 1. The second kappa shape index (κ2) is 7.35. The van der Waals surface area contributed by atoms with Gasteiger partial charge in [-0.05, 0) is 67.0 Å². The zero-order chi connectivity index (χ0) is 18.0. The average molecular weight is 332 g/mol. The van der Waals surface area contributed by atoms with Gasteiger partial charge in [-0.15, -0.1) is 0 Å². The van der Waals surface area contributed by atoms with Crippen molar-refractivity contribution < 1.29 is 0 Å². The Morgan fingerprint density at radius 2 is 1.28 bits per heavy atom. The van der Waals surface area contributed by atoms with Crippen LogP contribution in [0.2, 0.25) is 0 Å². The molecule has 3 aromatic rings. The van der Waals surface area contributed by atoms with Crippen LogP contribution in [0.5, 0.6) is 0 Å². The Morgan fingerprint density at radius 3 is 1.80 bits per heavy atom. The van der Waals surface area contributed by atoms with E-state index in [1.54, 1.807) is 0 Å². The Morgan fingerprint density at radius 1 is 0.760 bits per heavy atom. The third kappa shape index (κ3) is 4.25. The molecule has 0 spiro atoms. The van der Waals surface area contributed by atoms with E-state index in [4.69, 9.17) is 9.97 Å². The van der Waals surface area contributed by atoms with Crippen LogP contribution in [-0.4, -0.2) is 9.97 Å². The van der Waals surface area contributed by atoms with E-state index >= 15 is 0 Å². The first-order valence-corrected chi connectivity index (χ1v) is 9.29. The van der Waals surface area contributed by atoms with Gasteiger partial charge in [-0.25, -0.2) is 9.97 Å². The molecule has 0 unspecified atom stereocenters. The Labute approximate surface area is 151 Å². The van der Waals surface area contributed by atoms with Gasteiger partial charge in [0.1, 0.15) is 0 Å². The number of aryl methyl sites for hydroxylation is 1. The number of hydrogen-bond donors (Lipinski definition) is 0. The van der Waals surface area contributed by atoms with E-state index in [1.165, 1.54) is 16.7 Å². The molecule has 0 atom stereocenters. The van der Waals surface area contributed by atoms with Gasteiger partial charge in [-0.3, -0.25) is 0 Å². The quantitative estimate of drug-likeness (QED) is 0.572. The molecule has 0 fully saturated rings. The highest BCUT2D eigenvalue weighted by Gasteiger charge is 2.11. The molecule has 2 aromatic carbocycles. The van der Waals surface area contributed by atoms with Gasteiger partial charge in [0, 0.05) is 5.56 Å². The van der Waals surface area contributed by atoms with Crippen molar-refractivity contribution in [2.45, 2.75) is 47.5 Å². The molecule has 2 nitrogen and oxygen atoms in total. The first-order valence-electron chi connectivity index (χ1n) is 9.29. The van der Waals surface area contributed by atoms with Gasteiger partial charge in [-0.2, -0.15) is 0 Å². The van der Waals surface area contributed by atoms with Gasteiger partial charge in [0.25, 0.3) is 0 Å². The summed E-state index contributed by atoms with van der Waals surface area (Å²) in [7, 11) is 0. The van der Waals surface area contributed by atoms with Gasteiger partial charge in [0.15, 0.2) is 0 Å². The molecule has 0 radical (unpaired) electrons. The Hall–Kier alpha value is -2.22. The van der Waals surface area contributed by atoms with Crippen molar-refractivity contribution in [2.75, 3.05) is 0 Å². The third-order valence-corrected chi connectivity index (χ3v) is 4.36. The van der Waals surface area contributed by atoms with Crippen molar-refractivity contribution in [1.29, 1.82) is 0 Å². The monoisotopic (exact) mass is 332 g/mol.